The number of rotatable bonds is 3. The molecule has 1 saturated carbocycles. The van der Waals surface area contributed by atoms with Crippen LogP contribution in [0.15, 0.2) is 30.3 Å². The van der Waals surface area contributed by atoms with Gasteiger partial charge in [0.05, 0.1) is 5.41 Å². The quantitative estimate of drug-likeness (QED) is 0.912. The molecule has 3 aliphatic rings. The molecule has 4 rings (SSSR count). The van der Waals surface area contributed by atoms with E-state index in [1.54, 1.807) is 0 Å². The minimum Gasteiger partial charge on any atom is -0.340 e. The first-order valence-electron chi connectivity index (χ1n) is 8.59. The Morgan fingerprint density at radius 3 is 2.50 bits per heavy atom. The average molecular weight is 299 g/mol. The molecule has 0 spiro atoms. The van der Waals surface area contributed by atoms with Gasteiger partial charge in [0.15, 0.2) is 0 Å². The molecule has 1 amide bonds. The largest absolute Gasteiger partial charge is 0.340 e. The Morgan fingerprint density at radius 1 is 1.09 bits per heavy atom. The van der Waals surface area contributed by atoms with Gasteiger partial charge in [-0.15, -0.1) is 0 Å². The molecule has 1 atom stereocenters. The second-order valence-electron chi connectivity index (χ2n) is 6.93. The third kappa shape index (κ3) is 2.44. The highest BCUT2D eigenvalue weighted by Crippen LogP contribution is 2.50. The smallest absolute Gasteiger partial charge is 0.233 e. The van der Waals surface area contributed by atoms with Crippen molar-refractivity contribution in [2.75, 3.05) is 39.3 Å². The lowest BCUT2D eigenvalue weighted by atomic mass is 9.94. The average Bonchev–Trinajstić information content (AvgIpc) is 3.26. The maximum atomic E-state index is 13.1. The zero-order valence-electron chi connectivity index (χ0n) is 13.1. The SMILES string of the molecule is O=C(N1CCC(N2CCNCC2)C1)C1(c2ccccc2)CC1. The molecule has 118 valence electrons. The minimum atomic E-state index is -0.195. The van der Waals surface area contributed by atoms with E-state index >= 15 is 0 Å². The van der Waals surface area contributed by atoms with E-state index in [4.69, 9.17) is 0 Å². The van der Waals surface area contributed by atoms with Gasteiger partial charge >= 0.3 is 0 Å². The zero-order valence-corrected chi connectivity index (χ0v) is 13.1. The first kappa shape index (κ1) is 14.2. The van der Waals surface area contributed by atoms with Crippen molar-refractivity contribution >= 4 is 5.91 Å². The lowest BCUT2D eigenvalue weighted by Crippen LogP contribution is -2.49. The molecule has 2 heterocycles. The molecular weight excluding hydrogens is 274 g/mol. The fraction of sp³-hybridized carbons (Fsp3) is 0.611. The van der Waals surface area contributed by atoms with Crippen LogP contribution in [0.2, 0.25) is 0 Å². The zero-order chi connectivity index (χ0) is 15.0. The molecule has 22 heavy (non-hydrogen) atoms. The maximum absolute atomic E-state index is 13.1. The van der Waals surface area contributed by atoms with Crippen LogP contribution in [-0.4, -0.2) is 61.0 Å². The molecular formula is C18H25N3O. The van der Waals surface area contributed by atoms with Crippen LogP contribution in [0.5, 0.6) is 0 Å². The number of likely N-dealkylation sites (tertiary alicyclic amines) is 1. The summed E-state index contributed by atoms with van der Waals surface area (Å²) in [5.41, 5.74) is 1.02. The summed E-state index contributed by atoms with van der Waals surface area (Å²) in [6.07, 6.45) is 3.17. The first-order chi connectivity index (χ1) is 10.8. The van der Waals surface area contributed by atoms with Gasteiger partial charge in [-0.05, 0) is 24.8 Å². The Labute approximate surface area is 132 Å². The van der Waals surface area contributed by atoms with Crippen molar-refractivity contribution in [3.8, 4) is 0 Å². The van der Waals surface area contributed by atoms with Gasteiger partial charge in [0.25, 0.3) is 0 Å². The topological polar surface area (TPSA) is 35.6 Å². The van der Waals surface area contributed by atoms with Crippen LogP contribution in [-0.2, 0) is 10.2 Å². The molecule has 1 aliphatic carbocycles. The molecule has 1 unspecified atom stereocenters. The third-order valence-corrected chi connectivity index (χ3v) is 5.60. The summed E-state index contributed by atoms with van der Waals surface area (Å²) in [5, 5.41) is 3.41. The summed E-state index contributed by atoms with van der Waals surface area (Å²) in [6.45, 7) is 6.26. The number of carbonyl (C=O) groups excluding carboxylic acids is 1. The molecule has 0 aromatic heterocycles. The fourth-order valence-corrected chi connectivity index (χ4v) is 4.08. The van der Waals surface area contributed by atoms with Crippen molar-refractivity contribution in [1.82, 2.24) is 15.1 Å². The van der Waals surface area contributed by atoms with Crippen molar-refractivity contribution in [1.29, 1.82) is 0 Å². The lowest BCUT2D eigenvalue weighted by Gasteiger charge is -2.33. The lowest BCUT2D eigenvalue weighted by molar-refractivity contribution is -0.133. The number of benzene rings is 1. The summed E-state index contributed by atoms with van der Waals surface area (Å²) in [7, 11) is 0. The molecule has 2 aliphatic heterocycles. The molecule has 0 bridgehead atoms. The van der Waals surface area contributed by atoms with Gasteiger partial charge in [0.1, 0.15) is 0 Å². The number of hydrogen-bond acceptors (Lipinski definition) is 3. The van der Waals surface area contributed by atoms with E-state index in [-0.39, 0.29) is 5.41 Å². The molecule has 4 heteroatoms. The van der Waals surface area contributed by atoms with Crippen LogP contribution in [0.25, 0.3) is 0 Å². The van der Waals surface area contributed by atoms with Crippen molar-refractivity contribution < 1.29 is 4.79 Å². The molecule has 1 N–H and O–H groups in total. The number of nitrogens with one attached hydrogen (secondary N) is 1. The highest BCUT2D eigenvalue weighted by molar-refractivity contribution is 5.91. The van der Waals surface area contributed by atoms with Crippen LogP contribution >= 0.6 is 0 Å². The summed E-state index contributed by atoms with van der Waals surface area (Å²) in [6, 6.07) is 10.9. The number of amides is 1. The number of piperazine rings is 1. The van der Waals surface area contributed by atoms with E-state index in [0.29, 0.717) is 11.9 Å². The molecule has 4 nitrogen and oxygen atoms in total. The van der Waals surface area contributed by atoms with Crippen LogP contribution in [0.3, 0.4) is 0 Å². The van der Waals surface area contributed by atoms with E-state index in [2.05, 4.69) is 39.4 Å². The number of nitrogens with zero attached hydrogens (tertiary/aromatic N) is 2. The summed E-state index contributed by atoms with van der Waals surface area (Å²) in [5.74, 6) is 0.372. The number of carbonyl (C=O) groups is 1. The number of hydrogen-bond donors (Lipinski definition) is 1. The molecule has 0 radical (unpaired) electrons. The predicted octanol–water partition coefficient (Wildman–Crippen LogP) is 1.22. The molecule has 1 aromatic rings. The Balaban J connectivity index is 1.44. The third-order valence-electron chi connectivity index (χ3n) is 5.60. The fourth-order valence-electron chi connectivity index (χ4n) is 4.08. The van der Waals surface area contributed by atoms with Crippen LogP contribution in [0.4, 0.5) is 0 Å². The maximum Gasteiger partial charge on any atom is 0.233 e. The summed E-state index contributed by atoms with van der Waals surface area (Å²) < 4.78 is 0. The standard InChI is InChI=1S/C18H25N3O/c22-17(18(7-8-18)15-4-2-1-3-5-15)21-11-6-16(14-21)20-12-9-19-10-13-20/h1-5,16,19H,6-14H2. The van der Waals surface area contributed by atoms with Crippen molar-refractivity contribution in [2.24, 2.45) is 0 Å². The van der Waals surface area contributed by atoms with E-state index in [1.807, 2.05) is 6.07 Å². The summed E-state index contributed by atoms with van der Waals surface area (Å²) >= 11 is 0. The van der Waals surface area contributed by atoms with Crippen molar-refractivity contribution in [2.45, 2.75) is 30.7 Å². The summed E-state index contributed by atoms with van der Waals surface area (Å²) in [4.78, 5) is 17.7. The monoisotopic (exact) mass is 299 g/mol. The molecule has 2 saturated heterocycles. The van der Waals surface area contributed by atoms with Crippen LogP contribution in [0, 0.1) is 0 Å². The Morgan fingerprint density at radius 2 is 1.82 bits per heavy atom. The highest BCUT2D eigenvalue weighted by atomic mass is 16.2. The van der Waals surface area contributed by atoms with Crippen LogP contribution in [0.1, 0.15) is 24.8 Å². The minimum absolute atomic E-state index is 0.195. The molecule has 1 aromatic carbocycles. The van der Waals surface area contributed by atoms with Gasteiger partial charge in [-0.25, -0.2) is 0 Å². The predicted molar refractivity (Wildman–Crippen MR) is 86.8 cm³/mol. The second-order valence-corrected chi connectivity index (χ2v) is 6.93. The van der Waals surface area contributed by atoms with E-state index < -0.39 is 0 Å². The highest BCUT2D eigenvalue weighted by Gasteiger charge is 2.53. The van der Waals surface area contributed by atoms with Gasteiger partial charge in [-0.3, -0.25) is 9.69 Å². The van der Waals surface area contributed by atoms with Gasteiger partial charge in [-0.2, -0.15) is 0 Å². The van der Waals surface area contributed by atoms with Crippen LogP contribution < -0.4 is 5.32 Å². The Kier molecular flexibility index (Phi) is 3.66. The van der Waals surface area contributed by atoms with Gasteiger partial charge in [0.2, 0.25) is 5.91 Å². The van der Waals surface area contributed by atoms with Crippen molar-refractivity contribution in [3.63, 3.8) is 0 Å². The Bertz CT molecular complexity index is 535. The van der Waals surface area contributed by atoms with Gasteiger partial charge in [-0.1, -0.05) is 30.3 Å². The Hall–Kier alpha value is -1.39. The van der Waals surface area contributed by atoms with Crippen molar-refractivity contribution in [3.05, 3.63) is 35.9 Å². The van der Waals surface area contributed by atoms with E-state index in [0.717, 1.165) is 58.5 Å². The van der Waals surface area contributed by atoms with Gasteiger partial charge in [0, 0.05) is 45.3 Å². The van der Waals surface area contributed by atoms with Gasteiger partial charge < -0.3 is 10.2 Å². The normalized spacial score (nSPS) is 27.8. The van der Waals surface area contributed by atoms with E-state index in [9.17, 15) is 4.79 Å². The molecule has 3 fully saturated rings. The van der Waals surface area contributed by atoms with E-state index in [1.165, 1.54) is 5.56 Å². The second kappa shape index (κ2) is 5.67. The first-order valence-corrected chi connectivity index (χ1v) is 8.59.